The first kappa shape index (κ1) is 28.8. The lowest BCUT2D eigenvalue weighted by molar-refractivity contribution is -0.231. The molecule has 4 fully saturated rings. The van der Waals surface area contributed by atoms with Crippen molar-refractivity contribution in [1.82, 2.24) is 0 Å². The highest BCUT2D eigenvalue weighted by atomic mass is 32.1. The molecule has 0 aliphatic heterocycles. The number of benzene rings is 5. The first-order chi connectivity index (χ1) is 24.2. The molecule has 0 N–H and O–H groups in total. The maximum atomic E-state index is 2.68. The molecule has 6 unspecified atom stereocenters. The Hall–Kier alpha value is -3.88. The monoisotopic (exact) mass is 667 g/mol. The van der Waals surface area contributed by atoms with Gasteiger partial charge < -0.3 is 4.90 Å². The minimum atomic E-state index is 0.141. The normalized spacial score (nSPS) is 31.2. The summed E-state index contributed by atoms with van der Waals surface area (Å²) < 4.78 is 2.74. The third-order valence-corrected chi connectivity index (χ3v) is 16.8. The van der Waals surface area contributed by atoms with Crippen LogP contribution in [0.1, 0.15) is 88.5 Å². The summed E-state index contributed by atoms with van der Waals surface area (Å²) in [5.41, 5.74) is 14.4. The second kappa shape index (κ2) is 9.12. The van der Waals surface area contributed by atoms with Crippen molar-refractivity contribution >= 4 is 48.6 Å². The Kier molecular flexibility index (Phi) is 5.25. The number of anilines is 3. The number of hydrogen-bond donors (Lipinski definition) is 0. The van der Waals surface area contributed by atoms with Gasteiger partial charge >= 0.3 is 0 Å². The van der Waals surface area contributed by atoms with Crippen LogP contribution in [0.2, 0.25) is 0 Å². The average Bonchev–Trinajstić information content (AvgIpc) is 3.85. The van der Waals surface area contributed by atoms with E-state index in [1.165, 1.54) is 98.0 Å². The molecular formula is C48H45NS. The van der Waals surface area contributed by atoms with Crippen LogP contribution in [0.25, 0.3) is 31.3 Å². The molecular weight excluding hydrogens is 623 g/mol. The van der Waals surface area contributed by atoms with E-state index in [4.69, 9.17) is 0 Å². The van der Waals surface area contributed by atoms with Gasteiger partial charge in [0.2, 0.25) is 0 Å². The minimum absolute atomic E-state index is 0.141. The van der Waals surface area contributed by atoms with Crippen molar-refractivity contribution in [1.29, 1.82) is 0 Å². The minimum Gasteiger partial charge on any atom is -0.309 e. The van der Waals surface area contributed by atoms with Gasteiger partial charge in [0.1, 0.15) is 0 Å². The molecule has 0 amide bonds. The fourth-order valence-corrected chi connectivity index (χ4v) is 14.7. The van der Waals surface area contributed by atoms with Crippen LogP contribution < -0.4 is 4.90 Å². The molecule has 6 atom stereocenters. The molecule has 0 saturated heterocycles. The Morgan fingerprint density at radius 3 is 2.16 bits per heavy atom. The third-order valence-electron chi connectivity index (χ3n) is 15.6. The van der Waals surface area contributed by atoms with E-state index in [9.17, 15) is 0 Å². The van der Waals surface area contributed by atoms with Crippen molar-refractivity contribution in [3.05, 3.63) is 125 Å². The topological polar surface area (TPSA) is 3.24 Å². The van der Waals surface area contributed by atoms with Gasteiger partial charge in [0, 0.05) is 32.3 Å². The van der Waals surface area contributed by atoms with Crippen LogP contribution in [0.3, 0.4) is 0 Å². The molecule has 1 nitrogen and oxygen atoms in total. The van der Waals surface area contributed by atoms with Gasteiger partial charge in [0.15, 0.2) is 0 Å². The Bertz CT molecular complexity index is 2460. The van der Waals surface area contributed by atoms with Crippen LogP contribution in [-0.4, -0.2) is 0 Å². The molecule has 6 aliphatic rings. The Labute approximate surface area is 300 Å². The zero-order chi connectivity index (χ0) is 33.4. The van der Waals surface area contributed by atoms with Crippen LogP contribution in [0, 0.1) is 29.1 Å². The molecule has 248 valence electrons. The molecule has 6 aliphatic carbocycles. The van der Waals surface area contributed by atoms with E-state index in [-0.39, 0.29) is 16.2 Å². The van der Waals surface area contributed by atoms with Gasteiger partial charge in [-0.2, -0.15) is 0 Å². The number of rotatable bonds is 3. The molecule has 2 heteroatoms. The first-order valence-electron chi connectivity index (χ1n) is 19.3. The number of fused-ring (bicyclic) bond motifs is 12. The van der Waals surface area contributed by atoms with Gasteiger partial charge in [-0.1, -0.05) is 94.4 Å². The summed E-state index contributed by atoms with van der Waals surface area (Å²) in [6.07, 6.45) is 8.34. The molecule has 0 radical (unpaired) electrons. The molecule has 1 aromatic heterocycles. The fourth-order valence-electron chi connectivity index (χ4n) is 13.5. The van der Waals surface area contributed by atoms with E-state index >= 15 is 0 Å². The third kappa shape index (κ3) is 3.20. The van der Waals surface area contributed by atoms with Crippen LogP contribution in [0.4, 0.5) is 17.1 Å². The molecule has 50 heavy (non-hydrogen) atoms. The summed E-state index contributed by atoms with van der Waals surface area (Å²) in [5, 5.41) is 2.72. The van der Waals surface area contributed by atoms with Crippen LogP contribution in [0.15, 0.2) is 103 Å². The van der Waals surface area contributed by atoms with E-state index in [1.54, 1.807) is 11.1 Å². The zero-order valence-corrected chi connectivity index (χ0v) is 30.5. The van der Waals surface area contributed by atoms with E-state index < -0.39 is 0 Å². The van der Waals surface area contributed by atoms with E-state index in [1.807, 2.05) is 11.3 Å². The van der Waals surface area contributed by atoms with Gasteiger partial charge in [0.05, 0.1) is 10.4 Å². The summed E-state index contributed by atoms with van der Waals surface area (Å²) in [4.78, 5) is 2.64. The predicted octanol–water partition coefficient (Wildman–Crippen LogP) is 13.2. The van der Waals surface area contributed by atoms with Crippen LogP contribution >= 0.6 is 11.3 Å². The first-order valence-corrected chi connectivity index (χ1v) is 20.1. The van der Waals surface area contributed by atoms with E-state index in [2.05, 4.69) is 136 Å². The smallest absolute Gasteiger partial charge is 0.0640 e. The highest BCUT2D eigenvalue weighted by Gasteiger charge is 2.84. The highest BCUT2D eigenvalue weighted by Crippen LogP contribution is 2.89. The van der Waals surface area contributed by atoms with Gasteiger partial charge in [-0.05, 0) is 148 Å². The lowest BCUT2D eigenvalue weighted by Gasteiger charge is -2.76. The van der Waals surface area contributed by atoms with Gasteiger partial charge in [0.25, 0.3) is 0 Å². The fraction of sp³-hybridized carbons (Fsp3) is 0.375. The maximum Gasteiger partial charge on any atom is 0.0640 e. The largest absolute Gasteiger partial charge is 0.309 e. The average molecular weight is 668 g/mol. The van der Waals surface area contributed by atoms with Crippen molar-refractivity contribution in [3.63, 3.8) is 0 Å². The second-order valence-corrected chi connectivity index (χ2v) is 19.5. The number of nitrogens with zero attached hydrogens (tertiary/aromatic N) is 1. The van der Waals surface area contributed by atoms with Crippen LogP contribution in [-0.2, 0) is 16.2 Å². The van der Waals surface area contributed by atoms with Crippen molar-refractivity contribution in [2.24, 2.45) is 29.1 Å². The molecule has 4 saturated carbocycles. The van der Waals surface area contributed by atoms with Crippen molar-refractivity contribution in [2.45, 2.75) is 82.5 Å². The SMILES string of the molecule is CC1(C)CCC(C)(C)c2cc(N(c3ccc4c(c3)C3(c5ccccc5-4)C4CC5CC6CC3C64C5)c3cccc4c3sc3ccccc34)ccc21. The van der Waals surface area contributed by atoms with Crippen molar-refractivity contribution < 1.29 is 0 Å². The molecule has 5 aromatic carbocycles. The summed E-state index contributed by atoms with van der Waals surface area (Å²) >= 11 is 1.95. The summed E-state index contributed by atoms with van der Waals surface area (Å²) in [5.74, 6) is 3.56. The van der Waals surface area contributed by atoms with Gasteiger partial charge in [-0.25, -0.2) is 0 Å². The Morgan fingerprint density at radius 1 is 0.600 bits per heavy atom. The summed E-state index contributed by atoms with van der Waals surface area (Å²) in [6.45, 7) is 9.82. The van der Waals surface area contributed by atoms with E-state index in [0.717, 1.165) is 23.7 Å². The van der Waals surface area contributed by atoms with Gasteiger partial charge in [-0.3, -0.25) is 0 Å². The second-order valence-electron chi connectivity index (χ2n) is 18.4. The molecule has 6 aromatic rings. The van der Waals surface area contributed by atoms with Crippen molar-refractivity contribution in [2.75, 3.05) is 4.90 Å². The number of thiophene rings is 1. The highest BCUT2D eigenvalue weighted by molar-refractivity contribution is 7.26. The number of hydrogen-bond acceptors (Lipinski definition) is 2. The summed E-state index contributed by atoms with van der Waals surface area (Å²) in [7, 11) is 0. The predicted molar refractivity (Wildman–Crippen MR) is 210 cm³/mol. The summed E-state index contributed by atoms with van der Waals surface area (Å²) in [6, 6.07) is 40.7. The lowest BCUT2D eigenvalue weighted by Crippen LogP contribution is -2.73. The van der Waals surface area contributed by atoms with E-state index in [0.29, 0.717) is 5.41 Å². The Balaban J connectivity index is 1.11. The molecule has 2 spiro atoms. The molecule has 2 bridgehead atoms. The van der Waals surface area contributed by atoms with Gasteiger partial charge in [-0.15, -0.1) is 11.3 Å². The maximum absolute atomic E-state index is 2.68. The zero-order valence-electron chi connectivity index (χ0n) is 29.7. The molecule has 12 rings (SSSR count). The Morgan fingerprint density at radius 2 is 1.30 bits per heavy atom. The molecule has 1 heterocycles. The standard InChI is InChI=1S/C48H45NS/c1-45(2)20-21-46(3,4)39-26-31(17-19-37(39)45)49(40-14-9-12-35-34-11-6-8-15-41(34)50-44(35)40)30-16-18-33-32-10-5-7-13-36(32)48(38(33)25-30)42-23-28-22-29-24-43(48)47(29,42)27-28/h5-19,25-26,28-29,42-43H,20-24,27H2,1-4H3. The quantitative estimate of drug-likeness (QED) is 0.182. The van der Waals surface area contributed by atoms with Crippen molar-refractivity contribution in [3.8, 4) is 11.1 Å². The van der Waals surface area contributed by atoms with Crippen LogP contribution in [0.5, 0.6) is 0 Å². The lowest BCUT2D eigenvalue weighted by atomic mass is 9.27.